The molecule has 6 heteroatoms. The lowest BCUT2D eigenvalue weighted by atomic mass is 10.5. The maximum Gasteiger partial charge on any atom is 0.280 e. The summed E-state index contributed by atoms with van der Waals surface area (Å²) < 4.78 is 6.27. The molecule has 0 aliphatic carbocycles. The molecule has 2 aromatic rings. The molecule has 0 aliphatic rings. The molecular formula is C8H4BrClN2OS. The average Bonchev–Trinajstić information content (AvgIpc) is 2.51. The van der Waals surface area contributed by atoms with Gasteiger partial charge >= 0.3 is 0 Å². The zero-order valence-electron chi connectivity index (χ0n) is 6.78. The number of pyridine rings is 1. The van der Waals surface area contributed by atoms with Crippen LogP contribution in [0.4, 0.5) is 0 Å². The highest BCUT2D eigenvalue weighted by Crippen LogP contribution is 2.27. The van der Waals surface area contributed by atoms with Gasteiger partial charge in [0.15, 0.2) is 0 Å². The normalized spacial score (nSPS) is 10.1. The third-order valence-electron chi connectivity index (χ3n) is 1.34. The fraction of sp³-hybridized carbons (Fsp3) is 0. The van der Waals surface area contributed by atoms with E-state index in [1.807, 2.05) is 6.07 Å². The number of nitrogens with zero attached hydrogens (tertiary/aromatic N) is 2. The van der Waals surface area contributed by atoms with E-state index in [9.17, 15) is 0 Å². The average molecular weight is 292 g/mol. The highest BCUT2D eigenvalue weighted by atomic mass is 79.9. The van der Waals surface area contributed by atoms with Crippen molar-refractivity contribution in [1.82, 2.24) is 9.97 Å². The Morgan fingerprint density at radius 1 is 1.43 bits per heavy atom. The van der Waals surface area contributed by atoms with Gasteiger partial charge in [0.25, 0.3) is 5.19 Å². The van der Waals surface area contributed by atoms with Crippen molar-refractivity contribution in [3.63, 3.8) is 0 Å². The monoisotopic (exact) mass is 290 g/mol. The summed E-state index contributed by atoms with van der Waals surface area (Å²) in [5, 5.41) is 2.66. The summed E-state index contributed by atoms with van der Waals surface area (Å²) >= 11 is 10.3. The smallest absolute Gasteiger partial charge is 0.280 e. The Kier molecular flexibility index (Phi) is 3.00. The minimum atomic E-state index is 0.438. The largest absolute Gasteiger partial charge is 0.429 e. The molecule has 2 aromatic heterocycles. The Hall–Kier alpha value is -0.650. The van der Waals surface area contributed by atoms with E-state index >= 15 is 0 Å². The Morgan fingerprint density at radius 3 is 2.93 bits per heavy atom. The SMILES string of the molecule is Clc1csc(Oc2cncc(Br)c2)n1. The summed E-state index contributed by atoms with van der Waals surface area (Å²) in [5.74, 6) is 0.630. The Bertz CT molecular complexity index is 448. The lowest BCUT2D eigenvalue weighted by Crippen LogP contribution is -1.83. The minimum Gasteiger partial charge on any atom is -0.429 e. The number of thiazole rings is 1. The van der Waals surface area contributed by atoms with Crippen LogP contribution in [0.15, 0.2) is 28.3 Å². The van der Waals surface area contributed by atoms with Gasteiger partial charge in [0, 0.05) is 16.0 Å². The van der Waals surface area contributed by atoms with Crippen LogP contribution in [0.5, 0.6) is 10.9 Å². The molecule has 0 aliphatic heterocycles. The van der Waals surface area contributed by atoms with Gasteiger partial charge in [0.2, 0.25) is 0 Å². The minimum absolute atomic E-state index is 0.438. The zero-order chi connectivity index (χ0) is 9.97. The topological polar surface area (TPSA) is 35.0 Å². The van der Waals surface area contributed by atoms with Gasteiger partial charge in [-0.25, -0.2) is 0 Å². The third kappa shape index (κ3) is 2.43. The van der Waals surface area contributed by atoms with Crippen LogP contribution >= 0.6 is 38.9 Å². The first-order chi connectivity index (χ1) is 6.74. The van der Waals surface area contributed by atoms with Gasteiger partial charge in [-0.2, -0.15) is 4.98 Å². The molecule has 0 bridgehead atoms. The van der Waals surface area contributed by atoms with Gasteiger partial charge in [-0.3, -0.25) is 4.98 Å². The Morgan fingerprint density at radius 2 is 2.29 bits per heavy atom. The second kappa shape index (κ2) is 4.25. The molecule has 0 spiro atoms. The molecule has 0 fully saturated rings. The number of ether oxygens (including phenoxy) is 1. The number of hydrogen-bond donors (Lipinski definition) is 0. The summed E-state index contributed by atoms with van der Waals surface area (Å²) in [6.07, 6.45) is 3.29. The molecule has 0 saturated heterocycles. The van der Waals surface area contributed by atoms with Crippen molar-refractivity contribution in [1.29, 1.82) is 0 Å². The van der Waals surface area contributed by atoms with E-state index in [2.05, 4.69) is 25.9 Å². The molecule has 0 N–H and O–H groups in total. The predicted octanol–water partition coefficient (Wildman–Crippen LogP) is 3.75. The van der Waals surface area contributed by atoms with Crippen LogP contribution < -0.4 is 4.74 Å². The Labute approximate surface area is 97.9 Å². The summed E-state index contributed by atoms with van der Waals surface area (Å²) in [6, 6.07) is 1.81. The van der Waals surface area contributed by atoms with E-state index in [0.29, 0.717) is 16.1 Å². The molecular weight excluding hydrogens is 288 g/mol. The van der Waals surface area contributed by atoms with Gasteiger partial charge in [0.05, 0.1) is 6.20 Å². The van der Waals surface area contributed by atoms with Gasteiger partial charge in [-0.1, -0.05) is 22.9 Å². The molecule has 0 atom stereocenters. The summed E-state index contributed by atoms with van der Waals surface area (Å²) in [7, 11) is 0. The van der Waals surface area contributed by atoms with Gasteiger partial charge in [-0.05, 0) is 22.0 Å². The Balaban J connectivity index is 2.18. The number of aromatic nitrogens is 2. The van der Waals surface area contributed by atoms with Crippen molar-refractivity contribution >= 4 is 38.9 Å². The standard InChI is InChI=1S/C8H4BrClN2OS/c9-5-1-6(3-11-2-5)13-8-12-7(10)4-14-8/h1-4H. The second-order valence-corrected chi connectivity index (χ2v) is 4.50. The maximum absolute atomic E-state index is 5.65. The van der Waals surface area contributed by atoms with E-state index in [0.717, 1.165) is 4.47 Å². The summed E-state index contributed by atoms with van der Waals surface area (Å²) in [4.78, 5) is 7.91. The molecule has 3 nitrogen and oxygen atoms in total. The molecule has 0 amide bonds. The van der Waals surface area contributed by atoms with Crippen LogP contribution in [-0.2, 0) is 0 Å². The molecule has 2 heterocycles. The highest BCUT2D eigenvalue weighted by molar-refractivity contribution is 9.10. The third-order valence-corrected chi connectivity index (χ3v) is 2.81. The van der Waals surface area contributed by atoms with Crippen molar-refractivity contribution in [3.05, 3.63) is 33.5 Å². The van der Waals surface area contributed by atoms with Crippen molar-refractivity contribution in [2.75, 3.05) is 0 Å². The lowest BCUT2D eigenvalue weighted by molar-refractivity contribution is 0.476. The van der Waals surface area contributed by atoms with Gasteiger partial charge in [0.1, 0.15) is 10.9 Å². The summed E-state index contributed by atoms with van der Waals surface area (Å²) in [5.41, 5.74) is 0. The molecule has 0 radical (unpaired) electrons. The van der Waals surface area contributed by atoms with Gasteiger partial charge in [-0.15, -0.1) is 0 Å². The fourth-order valence-corrected chi connectivity index (χ4v) is 1.99. The molecule has 72 valence electrons. The van der Waals surface area contributed by atoms with Crippen molar-refractivity contribution in [2.45, 2.75) is 0 Å². The van der Waals surface area contributed by atoms with Crippen LogP contribution in [0, 0.1) is 0 Å². The number of halogens is 2. The van der Waals surface area contributed by atoms with E-state index in [1.54, 1.807) is 17.8 Å². The molecule has 0 unspecified atom stereocenters. The number of rotatable bonds is 2. The van der Waals surface area contributed by atoms with E-state index in [1.165, 1.54) is 11.3 Å². The van der Waals surface area contributed by atoms with E-state index in [4.69, 9.17) is 16.3 Å². The van der Waals surface area contributed by atoms with Crippen molar-refractivity contribution < 1.29 is 4.74 Å². The fourth-order valence-electron chi connectivity index (χ4n) is 0.835. The first-order valence-electron chi connectivity index (χ1n) is 3.63. The number of hydrogen-bond acceptors (Lipinski definition) is 4. The zero-order valence-corrected chi connectivity index (χ0v) is 9.93. The van der Waals surface area contributed by atoms with Crippen LogP contribution in [-0.4, -0.2) is 9.97 Å². The second-order valence-electron chi connectivity index (χ2n) is 2.38. The molecule has 0 aromatic carbocycles. The van der Waals surface area contributed by atoms with Crippen LogP contribution in [0.3, 0.4) is 0 Å². The maximum atomic E-state index is 5.65. The highest BCUT2D eigenvalue weighted by Gasteiger charge is 2.02. The van der Waals surface area contributed by atoms with Gasteiger partial charge < -0.3 is 4.74 Å². The van der Waals surface area contributed by atoms with Crippen LogP contribution in [0.25, 0.3) is 0 Å². The molecule has 14 heavy (non-hydrogen) atoms. The first kappa shape index (κ1) is 9.89. The van der Waals surface area contributed by atoms with Crippen LogP contribution in [0.2, 0.25) is 5.15 Å². The molecule has 2 rings (SSSR count). The van der Waals surface area contributed by atoms with Crippen molar-refractivity contribution in [2.24, 2.45) is 0 Å². The van der Waals surface area contributed by atoms with Crippen LogP contribution in [0.1, 0.15) is 0 Å². The first-order valence-corrected chi connectivity index (χ1v) is 5.68. The quantitative estimate of drug-likeness (QED) is 0.845. The lowest BCUT2D eigenvalue weighted by Gasteiger charge is -1.99. The van der Waals surface area contributed by atoms with E-state index in [-0.39, 0.29) is 0 Å². The predicted molar refractivity (Wildman–Crippen MR) is 59.1 cm³/mol. The summed E-state index contributed by atoms with van der Waals surface area (Å²) in [6.45, 7) is 0. The van der Waals surface area contributed by atoms with Crippen molar-refractivity contribution in [3.8, 4) is 10.9 Å². The molecule has 0 saturated carbocycles. The van der Waals surface area contributed by atoms with E-state index < -0.39 is 0 Å².